The van der Waals surface area contributed by atoms with E-state index in [-0.39, 0.29) is 18.6 Å². The van der Waals surface area contributed by atoms with E-state index in [1.165, 1.54) is 0 Å². The molecule has 2 rings (SSSR count). The normalized spacial score (nSPS) is 18.2. The number of carbonyl (C=O) groups excluding carboxylic acids is 1. The number of hydrogen-bond acceptors (Lipinski definition) is 4. The van der Waals surface area contributed by atoms with Crippen LogP contribution < -0.4 is 0 Å². The van der Waals surface area contributed by atoms with Gasteiger partial charge in [0, 0.05) is 5.41 Å². The number of ether oxygens (including phenoxy) is 1. The first-order valence-electron chi connectivity index (χ1n) is 6.19. The predicted molar refractivity (Wildman–Crippen MR) is 66.0 cm³/mol. The molecule has 18 heavy (non-hydrogen) atoms. The smallest absolute Gasteiger partial charge is 0.339 e. The van der Waals surface area contributed by atoms with E-state index in [4.69, 9.17) is 4.74 Å². The summed E-state index contributed by atoms with van der Waals surface area (Å²) in [4.78, 5) is 11.6. The van der Waals surface area contributed by atoms with Crippen molar-refractivity contribution in [2.45, 2.75) is 31.3 Å². The maximum atomic E-state index is 11.6. The second-order valence-electron chi connectivity index (χ2n) is 4.68. The second-order valence-corrected chi connectivity index (χ2v) is 4.68. The third-order valence-electron chi connectivity index (χ3n) is 3.49. The Morgan fingerprint density at radius 3 is 2.67 bits per heavy atom. The fraction of sp³-hybridized carbons (Fsp3) is 0.500. The van der Waals surface area contributed by atoms with E-state index < -0.39 is 12.1 Å². The lowest BCUT2D eigenvalue weighted by molar-refractivity contribution is -0.153. The van der Waals surface area contributed by atoms with Crippen LogP contribution in [0.1, 0.15) is 37.0 Å². The lowest BCUT2D eigenvalue weighted by Crippen LogP contribution is -2.21. The Bertz CT molecular complexity index is 437. The summed E-state index contributed by atoms with van der Waals surface area (Å²) in [5.41, 5.74) is 1.12. The fourth-order valence-corrected chi connectivity index (χ4v) is 2.23. The van der Waals surface area contributed by atoms with Crippen molar-refractivity contribution < 1.29 is 19.7 Å². The van der Waals surface area contributed by atoms with Crippen molar-refractivity contribution in [3.8, 4) is 0 Å². The highest BCUT2D eigenvalue weighted by atomic mass is 16.5. The molecule has 1 fully saturated rings. The number of benzene rings is 1. The quantitative estimate of drug-likeness (QED) is 0.773. The molecule has 0 aromatic heterocycles. The van der Waals surface area contributed by atoms with Gasteiger partial charge in [0.1, 0.15) is 0 Å². The Balaban J connectivity index is 2.31. The van der Waals surface area contributed by atoms with Crippen molar-refractivity contribution in [1.29, 1.82) is 0 Å². The maximum Gasteiger partial charge on any atom is 0.339 e. The molecule has 1 aromatic rings. The third-order valence-corrected chi connectivity index (χ3v) is 3.49. The molecule has 0 saturated heterocycles. The van der Waals surface area contributed by atoms with Crippen LogP contribution >= 0.6 is 0 Å². The molecule has 2 N–H and O–H groups in total. The van der Waals surface area contributed by atoms with Gasteiger partial charge in [0.15, 0.2) is 6.10 Å². The Kier molecular flexibility index (Phi) is 3.68. The first-order chi connectivity index (χ1) is 8.64. The highest BCUT2D eigenvalue weighted by Gasteiger charge is 2.46. The van der Waals surface area contributed by atoms with Crippen molar-refractivity contribution in [2.75, 3.05) is 13.2 Å². The number of aliphatic hydroxyl groups excluding tert-OH is 2. The predicted octanol–water partition coefficient (Wildman–Crippen LogP) is 1.31. The van der Waals surface area contributed by atoms with Gasteiger partial charge in [0.05, 0.1) is 13.2 Å². The zero-order chi connectivity index (χ0) is 13.2. The molecule has 0 amide bonds. The molecule has 0 radical (unpaired) electrons. The molecule has 0 bridgehead atoms. The highest BCUT2D eigenvalue weighted by Crippen LogP contribution is 2.49. The van der Waals surface area contributed by atoms with Gasteiger partial charge in [0.2, 0.25) is 0 Å². The van der Waals surface area contributed by atoms with Crippen LogP contribution in [0.15, 0.2) is 24.3 Å². The molecule has 4 nitrogen and oxygen atoms in total. The van der Waals surface area contributed by atoms with E-state index in [1.807, 2.05) is 12.1 Å². The summed E-state index contributed by atoms with van der Waals surface area (Å²) in [5, 5.41) is 19.5. The van der Waals surface area contributed by atoms with Crippen LogP contribution in [0.4, 0.5) is 0 Å². The average molecular weight is 250 g/mol. The standard InChI is InChI=1S/C14H18O4/c1-2-18-13(17)12(16)10-5-3-4-6-11(10)14(9-15)7-8-14/h3-6,12,15-16H,2,7-9H2,1H3. The molecule has 0 aliphatic heterocycles. The van der Waals surface area contributed by atoms with Crippen LogP contribution in [0.25, 0.3) is 0 Å². The average Bonchev–Trinajstić information content (AvgIpc) is 3.19. The van der Waals surface area contributed by atoms with E-state index in [1.54, 1.807) is 19.1 Å². The molecule has 0 heterocycles. The van der Waals surface area contributed by atoms with Crippen LogP contribution in [-0.4, -0.2) is 29.4 Å². The minimum absolute atomic E-state index is 0.0412. The van der Waals surface area contributed by atoms with E-state index in [2.05, 4.69) is 0 Å². The third kappa shape index (κ3) is 2.26. The molecule has 1 aromatic carbocycles. The van der Waals surface area contributed by atoms with Crippen molar-refractivity contribution in [2.24, 2.45) is 0 Å². The number of carbonyl (C=O) groups is 1. The zero-order valence-electron chi connectivity index (χ0n) is 10.4. The summed E-state index contributed by atoms with van der Waals surface area (Å²) >= 11 is 0. The largest absolute Gasteiger partial charge is 0.464 e. The van der Waals surface area contributed by atoms with E-state index in [9.17, 15) is 15.0 Å². The summed E-state index contributed by atoms with van der Waals surface area (Å²) in [6.45, 7) is 1.98. The molecule has 0 spiro atoms. The van der Waals surface area contributed by atoms with Crippen LogP contribution in [0.5, 0.6) is 0 Å². The Morgan fingerprint density at radius 1 is 1.44 bits per heavy atom. The van der Waals surface area contributed by atoms with Gasteiger partial charge >= 0.3 is 5.97 Å². The van der Waals surface area contributed by atoms with Gasteiger partial charge in [0.25, 0.3) is 0 Å². The van der Waals surface area contributed by atoms with Gasteiger partial charge in [-0.2, -0.15) is 0 Å². The minimum atomic E-state index is -1.27. The van der Waals surface area contributed by atoms with E-state index in [0.29, 0.717) is 5.56 Å². The molecule has 4 heteroatoms. The lowest BCUT2D eigenvalue weighted by atomic mass is 9.89. The van der Waals surface area contributed by atoms with Crippen LogP contribution in [0, 0.1) is 0 Å². The molecule has 98 valence electrons. The zero-order valence-corrected chi connectivity index (χ0v) is 10.4. The summed E-state index contributed by atoms with van der Waals surface area (Å²) < 4.78 is 4.83. The second kappa shape index (κ2) is 5.08. The van der Waals surface area contributed by atoms with Gasteiger partial charge in [-0.3, -0.25) is 0 Å². The molecular weight excluding hydrogens is 232 g/mol. The topological polar surface area (TPSA) is 66.8 Å². The molecule has 1 saturated carbocycles. The van der Waals surface area contributed by atoms with Crippen molar-refractivity contribution in [3.63, 3.8) is 0 Å². The summed E-state index contributed by atoms with van der Waals surface area (Å²) in [5.74, 6) is -0.640. The number of rotatable bonds is 5. The van der Waals surface area contributed by atoms with Gasteiger partial charge in [-0.1, -0.05) is 24.3 Å². The highest BCUT2D eigenvalue weighted by molar-refractivity contribution is 5.77. The summed E-state index contributed by atoms with van der Waals surface area (Å²) in [6, 6.07) is 7.20. The Labute approximate surface area is 106 Å². The number of esters is 1. The van der Waals surface area contributed by atoms with Gasteiger partial charge < -0.3 is 14.9 Å². The minimum Gasteiger partial charge on any atom is -0.464 e. The monoisotopic (exact) mass is 250 g/mol. The van der Waals surface area contributed by atoms with Crippen molar-refractivity contribution >= 4 is 5.97 Å². The lowest BCUT2D eigenvalue weighted by Gasteiger charge is -2.19. The van der Waals surface area contributed by atoms with E-state index >= 15 is 0 Å². The summed E-state index contributed by atoms with van der Waals surface area (Å²) in [7, 11) is 0. The molecule has 1 aliphatic rings. The maximum absolute atomic E-state index is 11.6. The Morgan fingerprint density at radius 2 is 2.11 bits per heavy atom. The number of aliphatic hydroxyl groups is 2. The summed E-state index contributed by atoms with van der Waals surface area (Å²) in [6.07, 6.45) is 0.497. The van der Waals surface area contributed by atoms with Crippen molar-refractivity contribution in [1.82, 2.24) is 0 Å². The van der Waals surface area contributed by atoms with E-state index in [0.717, 1.165) is 18.4 Å². The van der Waals surface area contributed by atoms with Gasteiger partial charge in [-0.05, 0) is 30.9 Å². The Hall–Kier alpha value is -1.39. The fourth-order valence-electron chi connectivity index (χ4n) is 2.23. The van der Waals surface area contributed by atoms with Crippen LogP contribution in [0.3, 0.4) is 0 Å². The SMILES string of the molecule is CCOC(=O)C(O)c1ccccc1C1(CO)CC1. The van der Waals surface area contributed by atoms with Crippen molar-refractivity contribution in [3.05, 3.63) is 35.4 Å². The van der Waals surface area contributed by atoms with Gasteiger partial charge in [-0.25, -0.2) is 4.79 Å². The first kappa shape index (κ1) is 13.1. The van der Waals surface area contributed by atoms with Crippen LogP contribution in [0.2, 0.25) is 0 Å². The molecule has 1 atom stereocenters. The first-order valence-corrected chi connectivity index (χ1v) is 6.19. The van der Waals surface area contributed by atoms with Crippen LogP contribution in [-0.2, 0) is 14.9 Å². The number of hydrogen-bond donors (Lipinski definition) is 2. The molecular formula is C14H18O4. The molecule has 1 aliphatic carbocycles. The van der Waals surface area contributed by atoms with Gasteiger partial charge in [-0.15, -0.1) is 0 Å². The molecule has 1 unspecified atom stereocenters.